The van der Waals surface area contributed by atoms with Crippen molar-refractivity contribution in [3.63, 3.8) is 0 Å². The lowest BCUT2D eigenvalue weighted by atomic mass is 10.1. The topological polar surface area (TPSA) is 64.6 Å². The Morgan fingerprint density at radius 1 is 1.14 bits per heavy atom. The van der Waals surface area contributed by atoms with E-state index in [-0.39, 0.29) is 12.1 Å². The number of ether oxygens (including phenoxy) is 2. The number of alkyl halides is 3. The number of nitrogens with one attached hydrogen (secondary N) is 1. The van der Waals surface area contributed by atoms with Crippen LogP contribution in [0.4, 0.5) is 13.2 Å². The Bertz CT molecular complexity index is 876. The van der Waals surface area contributed by atoms with Crippen LogP contribution < -0.4 is 10.1 Å². The van der Waals surface area contributed by atoms with Gasteiger partial charge in [-0.2, -0.15) is 13.2 Å². The molecular weight excluding hydrogens is 387 g/mol. The third-order valence-corrected chi connectivity index (χ3v) is 3.91. The van der Waals surface area contributed by atoms with E-state index in [0.717, 1.165) is 23.8 Å². The van der Waals surface area contributed by atoms with Crippen LogP contribution in [0.5, 0.6) is 5.75 Å². The van der Waals surface area contributed by atoms with Crippen molar-refractivity contribution in [1.82, 2.24) is 5.32 Å². The molecule has 0 aromatic heterocycles. The molecule has 2 aromatic carbocycles. The maximum absolute atomic E-state index is 12.7. The highest BCUT2D eigenvalue weighted by Crippen LogP contribution is 2.29. The standard InChI is InChI=1S/C21H20F3NO4/c1-14(20(27)25-13-16-6-9-18(28-2)10-7-16)29-19(26)11-8-15-4-3-5-17(12-15)21(22,23)24/h3-12,14H,13H2,1-2H3,(H,25,27)/b11-8+/t14-/m1/s1. The second kappa shape index (κ2) is 9.77. The first-order valence-electron chi connectivity index (χ1n) is 8.65. The van der Waals surface area contributed by atoms with Gasteiger partial charge in [-0.15, -0.1) is 0 Å². The van der Waals surface area contributed by atoms with Crippen molar-refractivity contribution in [2.24, 2.45) is 0 Å². The summed E-state index contributed by atoms with van der Waals surface area (Å²) in [4.78, 5) is 23.9. The number of halogens is 3. The summed E-state index contributed by atoms with van der Waals surface area (Å²) >= 11 is 0. The van der Waals surface area contributed by atoms with Gasteiger partial charge in [-0.1, -0.05) is 24.3 Å². The Balaban J connectivity index is 1.86. The van der Waals surface area contributed by atoms with Crippen molar-refractivity contribution >= 4 is 18.0 Å². The molecule has 5 nitrogen and oxygen atoms in total. The Labute approximate surface area is 166 Å². The van der Waals surface area contributed by atoms with Crippen LogP contribution >= 0.6 is 0 Å². The molecule has 1 amide bonds. The molecule has 29 heavy (non-hydrogen) atoms. The third kappa shape index (κ3) is 6.99. The summed E-state index contributed by atoms with van der Waals surface area (Å²) in [7, 11) is 1.55. The number of carbonyl (C=O) groups is 2. The van der Waals surface area contributed by atoms with Gasteiger partial charge in [0.25, 0.3) is 5.91 Å². The number of amides is 1. The summed E-state index contributed by atoms with van der Waals surface area (Å²) in [5, 5.41) is 2.63. The van der Waals surface area contributed by atoms with E-state index in [0.29, 0.717) is 5.75 Å². The van der Waals surface area contributed by atoms with E-state index in [4.69, 9.17) is 9.47 Å². The molecule has 154 valence electrons. The Kier molecular flexibility index (Phi) is 7.41. The summed E-state index contributed by atoms with van der Waals surface area (Å²) in [5.41, 5.74) is 0.204. The summed E-state index contributed by atoms with van der Waals surface area (Å²) < 4.78 is 48.1. The van der Waals surface area contributed by atoms with Crippen LogP contribution in [0.3, 0.4) is 0 Å². The van der Waals surface area contributed by atoms with Crippen LogP contribution in [-0.4, -0.2) is 25.1 Å². The van der Waals surface area contributed by atoms with Crippen LogP contribution in [0.25, 0.3) is 6.08 Å². The second-order valence-corrected chi connectivity index (χ2v) is 6.10. The fourth-order valence-electron chi connectivity index (χ4n) is 2.33. The minimum absolute atomic E-state index is 0.188. The number of benzene rings is 2. The highest BCUT2D eigenvalue weighted by Gasteiger charge is 2.30. The van der Waals surface area contributed by atoms with Gasteiger partial charge in [0.15, 0.2) is 6.10 Å². The van der Waals surface area contributed by atoms with Crippen LogP contribution in [-0.2, 0) is 27.0 Å². The average molecular weight is 407 g/mol. The van der Waals surface area contributed by atoms with E-state index in [2.05, 4.69) is 5.32 Å². The highest BCUT2D eigenvalue weighted by atomic mass is 19.4. The molecule has 0 fully saturated rings. The quantitative estimate of drug-likeness (QED) is 0.557. The van der Waals surface area contributed by atoms with Crippen molar-refractivity contribution in [3.05, 3.63) is 71.3 Å². The summed E-state index contributed by atoms with van der Waals surface area (Å²) in [6.07, 6.45) is -3.37. The summed E-state index contributed by atoms with van der Waals surface area (Å²) in [6, 6.07) is 11.6. The van der Waals surface area contributed by atoms with Crippen LogP contribution in [0, 0.1) is 0 Å². The number of esters is 1. The predicted molar refractivity (Wildman–Crippen MR) is 101 cm³/mol. The van der Waals surface area contributed by atoms with Crippen LogP contribution in [0.2, 0.25) is 0 Å². The van der Waals surface area contributed by atoms with Gasteiger partial charge in [-0.25, -0.2) is 4.79 Å². The zero-order valence-corrected chi connectivity index (χ0v) is 15.8. The lowest BCUT2D eigenvalue weighted by molar-refractivity contribution is -0.150. The molecule has 0 aliphatic heterocycles. The van der Waals surface area contributed by atoms with E-state index < -0.39 is 29.7 Å². The van der Waals surface area contributed by atoms with E-state index in [9.17, 15) is 22.8 Å². The lowest BCUT2D eigenvalue weighted by Gasteiger charge is -2.12. The second-order valence-electron chi connectivity index (χ2n) is 6.10. The van der Waals surface area contributed by atoms with E-state index in [1.807, 2.05) is 0 Å². The van der Waals surface area contributed by atoms with Gasteiger partial charge in [0.05, 0.1) is 12.7 Å². The molecule has 0 saturated heterocycles. The van der Waals surface area contributed by atoms with Gasteiger partial charge in [-0.05, 0) is 48.4 Å². The zero-order chi connectivity index (χ0) is 21.4. The molecule has 0 radical (unpaired) electrons. The molecule has 2 rings (SSSR count). The maximum atomic E-state index is 12.7. The fourth-order valence-corrected chi connectivity index (χ4v) is 2.33. The predicted octanol–water partition coefficient (Wildman–Crippen LogP) is 3.98. The largest absolute Gasteiger partial charge is 0.497 e. The van der Waals surface area contributed by atoms with Crippen molar-refractivity contribution in [1.29, 1.82) is 0 Å². The molecule has 1 atom stereocenters. The van der Waals surface area contributed by atoms with Crippen LogP contribution in [0.15, 0.2) is 54.6 Å². The van der Waals surface area contributed by atoms with Gasteiger partial charge in [0, 0.05) is 12.6 Å². The van der Waals surface area contributed by atoms with Crippen molar-refractivity contribution in [3.8, 4) is 5.75 Å². The Hall–Kier alpha value is -3.29. The Morgan fingerprint density at radius 3 is 2.45 bits per heavy atom. The van der Waals surface area contributed by atoms with Gasteiger partial charge in [0.1, 0.15) is 5.75 Å². The van der Waals surface area contributed by atoms with Gasteiger partial charge in [0.2, 0.25) is 0 Å². The number of hydrogen-bond acceptors (Lipinski definition) is 4. The van der Waals surface area contributed by atoms with Crippen molar-refractivity contribution in [2.75, 3.05) is 7.11 Å². The summed E-state index contributed by atoms with van der Waals surface area (Å²) in [6.45, 7) is 1.64. The summed E-state index contributed by atoms with van der Waals surface area (Å²) in [5.74, 6) is -0.647. The van der Waals surface area contributed by atoms with E-state index >= 15 is 0 Å². The molecule has 2 aromatic rings. The number of carbonyl (C=O) groups excluding carboxylic acids is 2. The smallest absolute Gasteiger partial charge is 0.416 e. The minimum Gasteiger partial charge on any atom is -0.497 e. The lowest BCUT2D eigenvalue weighted by Crippen LogP contribution is -2.35. The molecule has 0 bridgehead atoms. The van der Waals surface area contributed by atoms with Crippen molar-refractivity contribution in [2.45, 2.75) is 25.7 Å². The first kappa shape index (κ1) is 22.0. The molecule has 0 spiro atoms. The Morgan fingerprint density at radius 2 is 1.83 bits per heavy atom. The first-order valence-corrected chi connectivity index (χ1v) is 8.65. The SMILES string of the molecule is COc1ccc(CNC(=O)[C@@H](C)OC(=O)/C=C/c2cccc(C(F)(F)F)c2)cc1. The first-order chi connectivity index (χ1) is 13.7. The minimum atomic E-state index is -4.47. The van der Waals surface area contributed by atoms with Gasteiger partial charge < -0.3 is 14.8 Å². The molecule has 0 saturated carbocycles. The zero-order valence-electron chi connectivity index (χ0n) is 15.8. The molecule has 0 unspecified atom stereocenters. The van der Waals surface area contributed by atoms with Crippen LogP contribution in [0.1, 0.15) is 23.6 Å². The number of rotatable bonds is 7. The van der Waals surface area contributed by atoms with E-state index in [1.54, 1.807) is 31.4 Å². The fraction of sp³-hybridized carbons (Fsp3) is 0.238. The molecule has 0 aliphatic rings. The normalized spacial score (nSPS) is 12.4. The molecule has 0 heterocycles. The number of hydrogen-bond donors (Lipinski definition) is 1. The molecular formula is C21H20F3NO4. The molecule has 1 N–H and O–H groups in total. The third-order valence-electron chi connectivity index (χ3n) is 3.91. The van der Waals surface area contributed by atoms with Gasteiger partial charge >= 0.3 is 12.1 Å². The van der Waals surface area contributed by atoms with E-state index in [1.165, 1.54) is 25.1 Å². The maximum Gasteiger partial charge on any atom is 0.416 e. The molecule has 8 heteroatoms. The number of methoxy groups -OCH3 is 1. The average Bonchev–Trinajstić information content (AvgIpc) is 2.70. The molecule has 0 aliphatic carbocycles. The highest BCUT2D eigenvalue weighted by molar-refractivity contribution is 5.90. The monoisotopic (exact) mass is 407 g/mol. The van der Waals surface area contributed by atoms with Crippen molar-refractivity contribution < 1.29 is 32.2 Å². The van der Waals surface area contributed by atoms with Gasteiger partial charge in [-0.3, -0.25) is 4.79 Å².